The molecule has 3 nitrogen and oxygen atoms in total. The SMILES string of the molecule is Cc1cc(N)ccc1SCCS(=O)(=O)C(C)C. The summed E-state index contributed by atoms with van der Waals surface area (Å²) in [5.41, 5.74) is 7.49. The smallest absolute Gasteiger partial charge is 0.153 e. The van der Waals surface area contributed by atoms with Crippen LogP contribution in [0.15, 0.2) is 23.1 Å². The molecule has 1 rings (SSSR count). The van der Waals surface area contributed by atoms with Crippen molar-refractivity contribution in [1.82, 2.24) is 0 Å². The highest BCUT2D eigenvalue weighted by molar-refractivity contribution is 8.00. The minimum atomic E-state index is -2.93. The minimum Gasteiger partial charge on any atom is -0.399 e. The summed E-state index contributed by atoms with van der Waals surface area (Å²) < 4.78 is 23.3. The average Bonchev–Trinajstić information content (AvgIpc) is 2.21. The predicted molar refractivity (Wildman–Crippen MR) is 75.2 cm³/mol. The highest BCUT2D eigenvalue weighted by Gasteiger charge is 2.15. The molecule has 0 aliphatic carbocycles. The Morgan fingerprint density at radius 2 is 2.00 bits per heavy atom. The molecule has 0 aliphatic heterocycles. The van der Waals surface area contributed by atoms with E-state index in [1.165, 1.54) is 0 Å². The van der Waals surface area contributed by atoms with Crippen LogP contribution in [0.25, 0.3) is 0 Å². The van der Waals surface area contributed by atoms with E-state index in [0.29, 0.717) is 5.75 Å². The molecular formula is C12H19NO2S2. The van der Waals surface area contributed by atoms with Crippen LogP contribution in [0.5, 0.6) is 0 Å². The van der Waals surface area contributed by atoms with Crippen molar-refractivity contribution in [3.8, 4) is 0 Å². The molecule has 96 valence electrons. The molecule has 1 aromatic carbocycles. The van der Waals surface area contributed by atoms with Gasteiger partial charge in [0, 0.05) is 16.3 Å². The van der Waals surface area contributed by atoms with Crippen LogP contribution in [0.2, 0.25) is 0 Å². The largest absolute Gasteiger partial charge is 0.399 e. The summed E-state index contributed by atoms with van der Waals surface area (Å²) in [4.78, 5) is 1.10. The van der Waals surface area contributed by atoms with E-state index >= 15 is 0 Å². The Hall–Kier alpha value is -0.680. The number of nitrogen functional groups attached to an aromatic ring is 1. The van der Waals surface area contributed by atoms with Crippen molar-refractivity contribution >= 4 is 27.3 Å². The number of nitrogens with two attached hydrogens (primary N) is 1. The molecule has 5 heteroatoms. The minimum absolute atomic E-state index is 0.221. The maximum Gasteiger partial charge on any atom is 0.153 e. The van der Waals surface area contributed by atoms with Gasteiger partial charge in [-0.25, -0.2) is 8.42 Å². The summed E-state index contributed by atoms with van der Waals surface area (Å²) >= 11 is 1.57. The fourth-order valence-electron chi connectivity index (χ4n) is 1.34. The number of anilines is 1. The van der Waals surface area contributed by atoms with Crippen molar-refractivity contribution in [2.75, 3.05) is 17.2 Å². The maximum absolute atomic E-state index is 11.6. The highest BCUT2D eigenvalue weighted by atomic mass is 32.2. The Balaban J connectivity index is 2.58. The number of sulfone groups is 1. The van der Waals surface area contributed by atoms with Crippen LogP contribution in [-0.4, -0.2) is 25.2 Å². The molecule has 0 atom stereocenters. The Bertz CT molecular complexity index is 481. The number of benzene rings is 1. The third-order valence-corrected chi connectivity index (χ3v) is 6.19. The third-order valence-electron chi connectivity index (χ3n) is 2.54. The molecule has 0 amide bonds. The molecule has 0 saturated heterocycles. The zero-order valence-corrected chi connectivity index (χ0v) is 12.1. The zero-order valence-electron chi connectivity index (χ0n) is 10.4. The molecule has 1 aromatic rings. The standard InChI is InChI=1S/C12H19NO2S2/c1-9(2)17(14,15)7-6-16-12-5-4-11(13)8-10(12)3/h4-5,8-9H,6-7,13H2,1-3H3. The molecule has 0 bridgehead atoms. The van der Waals surface area contributed by atoms with E-state index in [1.54, 1.807) is 25.6 Å². The van der Waals surface area contributed by atoms with Gasteiger partial charge >= 0.3 is 0 Å². The second-order valence-corrected chi connectivity index (χ2v) is 8.10. The van der Waals surface area contributed by atoms with Crippen molar-refractivity contribution < 1.29 is 8.42 Å². The van der Waals surface area contributed by atoms with Gasteiger partial charge in [-0.2, -0.15) is 0 Å². The van der Waals surface area contributed by atoms with Crippen molar-refractivity contribution in [3.63, 3.8) is 0 Å². The van der Waals surface area contributed by atoms with Crippen molar-refractivity contribution in [3.05, 3.63) is 23.8 Å². The van der Waals surface area contributed by atoms with Crippen LogP contribution in [0.1, 0.15) is 19.4 Å². The lowest BCUT2D eigenvalue weighted by Crippen LogP contribution is -2.18. The van der Waals surface area contributed by atoms with E-state index in [4.69, 9.17) is 5.73 Å². The summed E-state index contributed by atoms with van der Waals surface area (Å²) in [6.45, 7) is 5.42. The normalized spacial score (nSPS) is 12.0. The van der Waals surface area contributed by atoms with E-state index in [9.17, 15) is 8.42 Å². The van der Waals surface area contributed by atoms with Crippen LogP contribution in [0, 0.1) is 6.92 Å². The van der Waals surface area contributed by atoms with Crippen LogP contribution in [0.3, 0.4) is 0 Å². The molecule has 0 aromatic heterocycles. The van der Waals surface area contributed by atoms with Gasteiger partial charge in [-0.1, -0.05) is 0 Å². The van der Waals surface area contributed by atoms with Gasteiger partial charge in [0.2, 0.25) is 0 Å². The first-order valence-electron chi connectivity index (χ1n) is 5.53. The van der Waals surface area contributed by atoms with Gasteiger partial charge in [0.1, 0.15) is 0 Å². The second kappa shape index (κ2) is 5.78. The summed E-state index contributed by atoms with van der Waals surface area (Å²) in [6.07, 6.45) is 0. The van der Waals surface area contributed by atoms with E-state index in [2.05, 4.69) is 0 Å². The topological polar surface area (TPSA) is 60.2 Å². The van der Waals surface area contributed by atoms with Gasteiger partial charge < -0.3 is 5.73 Å². The van der Waals surface area contributed by atoms with E-state index in [1.807, 2.05) is 25.1 Å². The number of rotatable bonds is 5. The Morgan fingerprint density at radius 3 is 2.53 bits per heavy atom. The summed E-state index contributed by atoms with van der Waals surface area (Å²) in [7, 11) is -2.93. The van der Waals surface area contributed by atoms with E-state index < -0.39 is 9.84 Å². The highest BCUT2D eigenvalue weighted by Crippen LogP contribution is 2.24. The lowest BCUT2D eigenvalue weighted by Gasteiger charge is -2.09. The quantitative estimate of drug-likeness (QED) is 0.661. The van der Waals surface area contributed by atoms with Gasteiger partial charge in [-0.15, -0.1) is 11.8 Å². The first-order valence-corrected chi connectivity index (χ1v) is 8.23. The molecule has 0 radical (unpaired) electrons. The summed E-state index contributed by atoms with van der Waals surface area (Å²) in [5, 5.41) is -0.296. The number of thioether (sulfide) groups is 1. The van der Waals surface area contributed by atoms with E-state index in [0.717, 1.165) is 16.1 Å². The van der Waals surface area contributed by atoms with Crippen molar-refractivity contribution in [2.24, 2.45) is 0 Å². The first-order chi connectivity index (χ1) is 7.83. The second-order valence-electron chi connectivity index (χ2n) is 4.29. The molecule has 0 unspecified atom stereocenters. The fraction of sp³-hybridized carbons (Fsp3) is 0.500. The molecule has 17 heavy (non-hydrogen) atoms. The van der Waals surface area contributed by atoms with Crippen LogP contribution in [0.4, 0.5) is 5.69 Å². The fourth-order valence-corrected chi connectivity index (χ4v) is 3.74. The first kappa shape index (κ1) is 14.4. The number of hydrogen-bond donors (Lipinski definition) is 1. The van der Waals surface area contributed by atoms with Crippen LogP contribution in [-0.2, 0) is 9.84 Å². The average molecular weight is 273 g/mol. The van der Waals surface area contributed by atoms with E-state index in [-0.39, 0.29) is 11.0 Å². The molecular weight excluding hydrogens is 254 g/mol. The van der Waals surface area contributed by atoms with Gasteiger partial charge in [-0.3, -0.25) is 0 Å². The molecule has 0 saturated carbocycles. The summed E-state index contributed by atoms with van der Waals surface area (Å²) in [6, 6.07) is 5.68. The number of hydrogen-bond acceptors (Lipinski definition) is 4. The Labute approximate surface area is 108 Å². The lowest BCUT2D eigenvalue weighted by atomic mass is 10.2. The Morgan fingerprint density at radius 1 is 1.35 bits per heavy atom. The van der Waals surface area contributed by atoms with Crippen LogP contribution < -0.4 is 5.73 Å². The molecule has 0 fully saturated rings. The van der Waals surface area contributed by atoms with Gasteiger partial charge in [-0.05, 0) is 44.5 Å². The van der Waals surface area contributed by atoms with Gasteiger partial charge in [0.05, 0.1) is 11.0 Å². The van der Waals surface area contributed by atoms with Gasteiger partial charge in [0.25, 0.3) is 0 Å². The molecule has 2 N–H and O–H groups in total. The maximum atomic E-state index is 11.6. The lowest BCUT2D eigenvalue weighted by molar-refractivity contribution is 0.589. The zero-order chi connectivity index (χ0) is 13.1. The Kier molecular flexibility index (Phi) is 4.89. The van der Waals surface area contributed by atoms with Gasteiger partial charge in [0.15, 0.2) is 9.84 Å². The number of aryl methyl sites for hydroxylation is 1. The summed E-state index contributed by atoms with van der Waals surface area (Å²) in [5.74, 6) is 0.810. The monoisotopic (exact) mass is 273 g/mol. The van der Waals surface area contributed by atoms with Crippen molar-refractivity contribution in [2.45, 2.75) is 30.9 Å². The predicted octanol–water partition coefficient (Wildman–Crippen LogP) is 2.49. The third kappa shape index (κ3) is 4.24. The molecule has 0 spiro atoms. The molecule has 0 heterocycles. The van der Waals surface area contributed by atoms with Crippen molar-refractivity contribution in [1.29, 1.82) is 0 Å². The van der Waals surface area contributed by atoms with Crippen LogP contribution >= 0.6 is 11.8 Å². The molecule has 0 aliphatic rings.